The van der Waals surface area contributed by atoms with E-state index in [1.165, 1.54) is 24.4 Å². The van der Waals surface area contributed by atoms with Gasteiger partial charge < -0.3 is 10.4 Å². The Kier molecular flexibility index (Phi) is 3.20. The van der Waals surface area contributed by atoms with E-state index in [2.05, 4.69) is 14.7 Å². The molecule has 2 atom stereocenters. The van der Waals surface area contributed by atoms with Crippen LogP contribution in [0.4, 0.5) is 5.13 Å². The van der Waals surface area contributed by atoms with Crippen LogP contribution < -0.4 is 5.32 Å². The summed E-state index contributed by atoms with van der Waals surface area (Å²) in [7, 11) is 0. The number of aromatic nitrogens is 2. The monoisotopic (exact) mass is 281 g/mol. The quantitative estimate of drug-likeness (QED) is 0.887. The second-order valence-electron chi connectivity index (χ2n) is 5.90. The van der Waals surface area contributed by atoms with E-state index >= 15 is 0 Å². The summed E-state index contributed by atoms with van der Waals surface area (Å²) >= 11 is 1.36. The van der Waals surface area contributed by atoms with Gasteiger partial charge in [0.05, 0.1) is 5.41 Å². The second-order valence-corrected chi connectivity index (χ2v) is 6.65. The standard InChI is InChI=1S/C13H19N3O2S/c1-13(11(17)18)7-3-2-4-9(13)14-12-15-10(16-19-12)8-5-6-8/h8-9H,2-7H2,1H3,(H,17,18)(H,14,15,16). The zero-order valence-electron chi connectivity index (χ0n) is 11.1. The summed E-state index contributed by atoms with van der Waals surface area (Å²) in [6.07, 6.45) is 6.06. The average molecular weight is 281 g/mol. The van der Waals surface area contributed by atoms with Crippen LogP contribution in [0.5, 0.6) is 0 Å². The van der Waals surface area contributed by atoms with E-state index in [1.807, 2.05) is 6.92 Å². The zero-order chi connectivity index (χ0) is 13.5. The van der Waals surface area contributed by atoms with E-state index in [1.54, 1.807) is 0 Å². The summed E-state index contributed by atoms with van der Waals surface area (Å²) in [5, 5.41) is 13.6. The Bertz CT molecular complexity index is 486. The van der Waals surface area contributed by atoms with Crippen LogP contribution in [-0.4, -0.2) is 26.5 Å². The Morgan fingerprint density at radius 1 is 1.42 bits per heavy atom. The van der Waals surface area contributed by atoms with Crippen molar-refractivity contribution in [3.63, 3.8) is 0 Å². The van der Waals surface area contributed by atoms with Crippen molar-refractivity contribution in [2.75, 3.05) is 5.32 Å². The third-order valence-electron chi connectivity index (χ3n) is 4.38. The topological polar surface area (TPSA) is 75.1 Å². The zero-order valence-corrected chi connectivity index (χ0v) is 11.9. The first-order valence-electron chi connectivity index (χ1n) is 6.93. The highest BCUT2D eigenvalue weighted by Gasteiger charge is 2.43. The van der Waals surface area contributed by atoms with Crippen LogP contribution in [-0.2, 0) is 4.79 Å². The molecule has 0 radical (unpaired) electrons. The number of hydrogen-bond donors (Lipinski definition) is 2. The number of anilines is 1. The third-order valence-corrected chi connectivity index (χ3v) is 5.04. The molecule has 0 spiro atoms. The lowest BCUT2D eigenvalue weighted by atomic mass is 9.72. The van der Waals surface area contributed by atoms with Crippen molar-refractivity contribution in [1.29, 1.82) is 0 Å². The summed E-state index contributed by atoms with van der Waals surface area (Å²) in [6.45, 7) is 1.84. The first kappa shape index (κ1) is 12.8. The molecule has 0 aromatic carbocycles. The van der Waals surface area contributed by atoms with Crippen LogP contribution in [0.3, 0.4) is 0 Å². The molecule has 5 nitrogen and oxygen atoms in total. The molecule has 0 saturated heterocycles. The minimum atomic E-state index is -0.711. The maximum Gasteiger partial charge on any atom is 0.311 e. The minimum absolute atomic E-state index is 0.0428. The number of hydrogen-bond acceptors (Lipinski definition) is 5. The third kappa shape index (κ3) is 2.45. The van der Waals surface area contributed by atoms with Crippen LogP contribution >= 0.6 is 11.5 Å². The molecule has 2 unspecified atom stereocenters. The molecule has 1 aromatic rings. The number of rotatable bonds is 4. The lowest BCUT2D eigenvalue weighted by Crippen LogP contribution is -2.46. The number of carbonyl (C=O) groups is 1. The maximum atomic E-state index is 11.5. The Morgan fingerprint density at radius 3 is 2.89 bits per heavy atom. The lowest BCUT2D eigenvalue weighted by Gasteiger charge is -2.38. The summed E-state index contributed by atoms with van der Waals surface area (Å²) in [5.41, 5.74) is -0.691. The molecule has 1 aromatic heterocycles. The molecule has 2 aliphatic carbocycles. The molecule has 2 aliphatic rings. The summed E-state index contributed by atoms with van der Waals surface area (Å²) in [6, 6.07) is -0.0428. The fraction of sp³-hybridized carbons (Fsp3) is 0.769. The molecule has 2 N–H and O–H groups in total. The van der Waals surface area contributed by atoms with Crippen LogP contribution in [0.1, 0.15) is 57.2 Å². The number of carboxylic acid groups (broad SMARTS) is 1. The van der Waals surface area contributed by atoms with E-state index in [4.69, 9.17) is 0 Å². The van der Waals surface area contributed by atoms with Gasteiger partial charge in [-0.15, -0.1) is 0 Å². The predicted octanol–water partition coefficient (Wildman–Crippen LogP) is 2.86. The van der Waals surface area contributed by atoms with Crippen LogP contribution in [0.2, 0.25) is 0 Å². The molecule has 0 bridgehead atoms. The van der Waals surface area contributed by atoms with E-state index in [0.717, 1.165) is 36.6 Å². The molecule has 2 saturated carbocycles. The van der Waals surface area contributed by atoms with Crippen LogP contribution in [0.25, 0.3) is 0 Å². The minimum Gasteiger partial charge on any atom is -0.481 e. The Balaban J connectivity index is 1.73. The van der Waals surface area contributed by atoms with Gasteiger partial charge in [-0.2, -0.15) is 4.37 Å². The van der Waals surface area contributed by atoms with Gasteiger partial charge in [-0.05, 0) is 32.6 Å². The van der Waals surface area contributed by atoms with Gasteiger partial charge in [-0.3, -0.25) is 4.79 Å². The molecule has 1 heterocycles. The molecular weight excluding hydrogens is 262 g/mol. The first-order valence-corrected chi connectivity index (χ1v) is 7.70. The second kappa shape index (κ2) is 4.74. The highest BCUT2D eigenvalue weighted by molar-refractivity contribution is 7.09. The number of carboxylic acids is 1. The van der Waals surface area contributed by atoms with E-state index < -0.39 is 11.4 Å². The number of aliphatic carboxylic acids is 1. The predicted molar refractivity (Wildman–Crippen MR) is 73.5 cm³/mol. The van der Waals surface area contributed by atoms with Crippen LogP contribution in [0.15, 0.2) is 0 Å². The summed E-state index contributed by atoms with van der Waals surface area (Å²) in [5.74, 6) is 0.765. The van der Waals surface area contributed by atoms with Crippen molar-refractivity contribution < 1.29 is 9.90 Å². The molecule has 0 amide bonds. The van der Waals surface area contributed by atoms with Gasteiger partial charge >= 0.3 is 5.97 Å². The van der Waals surface area contributed by atoms with Gasteiger partial charge in [0.1, 0.15) is 5.82 Å². The van der Waals surface area contributed by atoms with E-state index in [-0.39, 0.29) is 6.04 Å². The summed E-state index contributed by atoms with van der Waals surface area (Å²) < 4.78 is 4.36. The SMILES string of the molecule is CC1(C(=O)O)CCCCC1Nc1nc(C2CC2)ns1. The normalized spacial score (nSPS) is 31.1. The fourth-order valence-corrected chi connectivity index (χ4v) is 3.47. The van der Waals surface area contributed by atoms with Crippen LogP contribution in [0, 0.1) is 5.41 Å². The van der Waals surface area contributed by atoms with Gasteiger partial charge in [0.2, 0.25) is 5.13 Å². The molecule has 3 rings (SSSR count). The van der Waals surface area contributed by atoms with E-state index in [0.29, 0.717) is 5.92 Å². The van der Waals surface area contributed by atoms with Crippen molar-refractivity contribution >= 4 is 22.6 Å². The van der Waals surface area contributed by atoms with Crippen molar-refractivity contribution in [3.05, 3.63) is 5.82 Å². The number of nitrogens with zero attached hydrogens (tertiary/aromatic N) is 2. The molecule has 19 heavy (non-hydrogen) atoms. The molecule has 6 heteroatoms. The Hall–Kier alpha value is -1.17. The van der Waals surface area contributed by atoms with Crippen molar-refractivity contribution in [2.24, 2.45) is 5.41 Å². The van der Waals surface area contributed by atoms with E-state index in [9.17, 15) is 9.90 Å². The van der Waals surface area contributed by atoms with Gasteiger partial charge in [-0.1, -0.05) is 12.8 Å². The van der Waals surface area contributed by atoms with Gasteiger partial charge in [0.25, 0.3) is 0 Å². The largest absolute Gasteiger partial charge is 0.481 e. The van der Waals surface area contributed by atoms with Gasteiger partial charge in [0, 0.05) is 23.5 Å². The molecular formula is C13H19N3O2S. The Morgan fingerprint density at radius 2 is 2.21 bits per heavy atom. The molecule has 104 valence electrons. The molecule has 0 aliphatic heterocycles. The average Bonchev–Trinajstić information content (AvgIpc) is 3.13. The van der Waals surface area contributed by atoms with Crippen molar-refractivity contribution in [3.8, 4) is 0 Å². The van der Waals surface area contributed by atoms with Gasteiger partial charge in [0.15, 0.2) is 0 Å². The fourth-order valence-electron chi connectivity index (χ4n) is 2.77. The van der Waals surface area contributed by atoms with Crippen molar-refractivity contribution in [1.82, 2.24) is 9.36 Å². The highest BCUT2D eigenvalue weighted by Crippen LogP contribution is 2.41. The maximum absolute atomic E-state index is 11.5. The number of nitrogens with one attached hydrogen (secondary N) is 1. The smallest absolute Gasteiger partial charge is 0.311 e. The Labute approximate surface area is 116 Å². The summed E-state index contributed by atoms with van der Waals surface area (Å²) in [4.78, 5) is 16.0. The first-order chi connectivity index (χ1) is 9.09. The molecule has 2 fully saturated rings. The highest BCUT2D eigenvalue weighted by atomic mass is 32.1. The lowest BCUT2D eigenvalue weighted by molar-refractivity contribution is -0.150. The van der Waals surface area contributed by atoms with Gasteiger partial charge in [-0.25, -0.2) is 4.98 Å². The van der Waals surface area contributed by atoms with Crippen molar-refractivity contribution in [2.45, 2.75) is 57.4 Å².